The fourth-order valence-corrected chi connectivity index (χ4v) is 2.35. The van der Waals surface area contributed by atoms with Crippen LogP contribution in [-0.4, -0.2) is 31.0 Å². The summed E-state index contributed by atoms with van der Waals surface area (Å²) in [7, 11) is 0. The van der Waals surface area contributed by atoms with E-state index in [1.807, 2.05) is 6.92 Å². The van der Waals surface area contributed by atoms with Crippen LogP contribution in [-0.2, 0) is 19.1 Å². The first-order valence-corrected chi connectivity index (χ1v) is 9.08. The Hall–Kier alpha value is -3.06. The standard InChI is InChI=1S/C20H21ClN2O5/c1-2-27-17-6-4-3-5-16(17)23-19(25)13-28-20(26)12-11-18(24)22-15-9-7-14(21)8-10-15/h3-10H,2,11-13H2,1H3,(H,22,24)(H,23,25). The Kier molecular flexibility index (Phi) is 8.30. The molecule has 0 bridgehead atoms. The second-order valence-electron chi connectivity index (χ2n) is 5.69. The lowest BCUT2D eigenvalue weighted by atomic mass is 10.2. The van der Waals surface area contributed by atoms with Crippen molar-refractivity contribution in [2.24, 2.45) is 0 Å². The van der Waals surface area contributed by atoms with Crippen molar-refractivity contribution in [1.29, 1.82) is 0 Å². The van der Waals surface area contributed by atoms with Crippen molar-refractivity contribution in [1.82, 2.24) is 0 Å². The molecule has 28 heavy (non-hydrogen) atoms. The zero-order valence-electron chi connectivity index (χ0n) is 15.4. The molecule has 0 atom stereocenters. The van der Waals surface area contributed by atoms with E-state index in [0.717, 1.165) is 0 Å². The number of amides is 2. The Morgan fingerprint density at radius 2 is 1.64 bits per heavy atom. The smallest absolute Gasteiger partial charge is 0.306 e. The highest BCUT2D eigenvalue weighted by molar-refractivity contribution is 6.30. The third kappa shape index (κ3) is 7.28. The number of hydrogen-bond acceptors (Lipinski definition) is 5. The van der Waals surface area contributed by atoms with Gasteiger partial charge < -0.3 is 20.1 Å². The van der Waals surface area contributed by atoms with Gasteiger partial charge in [0.2, 0.25) is 5.91 Å². The van der Waals surface area contributed by atoms with E-state index in [-0.39, 0.29) is 18.7 Å². The average molecular weight is 405 g/mol. The van der Waals surface area contributed by atoms with Crippen LogP contribution in [0.15, 0.2) is 48.5 Å². The number of anilines is 2. The number of nitrogens with one attached hydrogen (secondary N) is 2. The number of para-hydroxylation sites is 2. The van der Waals surface area contributed by atoms with Gasteiger partial charge in [0.05, 0.1) is 18.7 Å². The van der Waals surface area contributed by atoms with Crippen LogP contribution in [0.3, 0.4) is 0 Å². The molecule has 0 saturated heterocycles. The molecule has 0 saturated carbocycles. The second-order valence-corrected chi connectivity index (χ2v) is 6.13. The van der Waals surface area contributed by atoms with Gasteiger partial charge in [-0.15, -0.1) is 0 Å². The zero-order chi connectivity index (χ0) is 20.4. The van der Waals surface area contributed by atoms with Crippen LogP contribution in [0.4, 0.5) is 11.4 Å². The molecule has 0 aliphatic rings. The number of halogens is 1. The third-order valence-electron chi connectivity index (χ3n) is 3.51. The highest BCUT2D eigenvalue weighted by Crippen LogP contribution is 2.23. The fourth-order valence-electron chi connectivity index (χ4n) is 2.23. The first kappa shape index (κ1) is 21.2. The summed E-state index contributed by atoms with van der Waals surface area (Å²) in [5.41, 5.74) is 1.07. The van der Waals surface area contributed by atoms with Gasteiger partial charge in [-0.2, -0.15) is 0 Å². The molecular formula is C20H21ClN2O5. The van der Waals surface area contributed by atoms with E-state index >= 15 is 0 Å². The molecule has 0 heterocycles. The molecule has 2 rings (SSSR count). The van der Waals surface area contributed by atoms with Gasteiger partial charge in [-0.05, 0) is 43.3 Å². The topological polar surface area (TPSA) is 93.7 Å². The van der Waals surface area contributed by atoms with Crippen LogP contribution in [0.2, 0.25) is 5.02 Å². The second kappa shape index (κ2) is 10.9. The van der Waals surface area contributed by atoms with Crippen LogP contribution in [0.1, 0.15) is 19.8 Å². The van der Waals surface area contributed by atoms with E-state index in [0.29, 0.717) is 28.8 Å². The quantitative estimate of drug-likeness (QED) is 0.622. The first-order valence-electron chi connectivity index (χ1n) is 8.70. The van der Waals surface area contributed by atoms with Crippen molar-refractivity contribution in [2.45, 2.75) is 19.8 Å². The van der Waals surface area contributed by atoms with Gasteiger partial charge >= 0.3 is 5.97 Å². The van der Waals surface area contributed by atoms with Crippen LogP contribution >= 0.6 is 11.6 Å². The maximum atomic E-state index is 11.9. The average Bonchev–Trinajstić information content (AvgIpc) is 2.68. The van der Waals surface area contributed by atoms with Gasteiger partial charge in [0.25, 0.3) is 5.91 Å². The van der Waals surface area contributed by atoms with Crippen molar-refractivity contribution in [3.63, 3.8) is 0 Å². The summed E-state index contributed by atoms with van der Waals surface area (Å²) in [5.74, 6) is -0.941. The zero-order valence-corrected chi connectivity index (χ0v) is 16.1. The number of rotatable bonds is 9. The summed E-state index contributed by atoms with van der Waals surface area (Å²) in [4.78, 5) is 35.5. The molecule has 0 aliphatic carbocycles. The summed E-state index contributed by atoms with van der Waals surface area (Å²) >= 11 is 5.77. The number of esters is 1. The summed E-state index contributed by atoms with van der Waals surface area (Å²) < 4.78 is 10.3. The van der Waals surface area contributed by atoms with E-state index in [4.69, 9.17) is 21.1 Å². The first-order chi connectivity index (χ1) is 13.5. The maximum Gasteiger partial charge on any atom is 0.306 e. The van der Waals surface area contributed by atoms with Gasteiger partial charge in [0.1, 0.15) is 5.75 Å². The Bertz CT molecular complexity index is 824. The van der Waals surface area contributed by atoms with Gasteiger partial charge in [0.15, 0.2) is 6.61 Å². The fraction of sp³-hybridized carbons (Fsp3) is 0.250. The lowest BCUT2D eigenvalue weighted by Gasteiger charge is -2.11. The monoisotopic (exact) mass is 404 g/mol. The largest absolute Gasteiger partial charge is 0.492 e. The molecule has 0 aromatic heterocycles. The maximum absolute atomic E-state index is 11.9. The van der Waals surface area contributed by atoms with E-state index in [9.17, 15) is 14.4 Å². The Balaban J connectivity index is 1.71. The molecule has 0 aliphatic heterocycles. The van der Waals surface area contributed by atoms with E-state index < -0.39 is 18.5 Å². The predicted molar refractivity (Wildman–Crippen MR) is 107 cm³/mol. The van der Waals surface area contributed by atoms with Crippen molar-refractivity contribution in [2.75, 3.05) is 23.8 Å². The lowest BCUT2D eigenvalue weighted by Crippen LogP contribution is -2.22. The highest BCUT2D eigenvalue weighted by atomic mass is 35.5. The van der Waals surface area contributed by atoms with Gasteiger partial charge in [0, 0.05) is 17.1 Å². The van der Waals surface area contributed by atoms with Crippen molar-refractivity contribution in [3.8, 4) is 5.75 Å². The molecule has 0 spiro atoms. The number of ether oxygens (including phenoxy) is 2. The molecule has 2 amide bonds. The van der Waals surface area contributed by atoms with Crippen molar-refractivity contribution >= 4 is 40.8 Å². The molecule has 2 aromatic carbocycles. The van der Waals surface area contributed by atoms with Crippen molar-refractivity contribution < 1.29 is 23.9 Å². The van der Waals surface area contributed by atoms with E-state index in [2.05, 4.69) is 10.6 Å². The number of hydrogen-bond donors (Lipinski definition) is 2. The summed E-state index contributed by atoms with van der Waals surface area (Å²) in [6.07, 6.45) is -0.196. The van der Waals surface area contributed by atoms with Gasteiger partial charge in [-0.25, -0.2) is 0 Å². The van der Waals surface area contributed by atoms with Crippen molar-refractivity contribution in [3.05, 3.63) is 53.6 Å². The molecule has 0 unspecified atom stereocenters. The Morgan fingerprint density at radius 1 is 0.929 bits per heavy atom. The van der Waals surface area contributed by atoms with E-state index in [1.54, 1.807) is 48.5 Å². The van der Waals surface area contributed by atoms with E-state index in [1.165, 1.54) is 0 Å². The van der Waals surface area contributed by atoms with Crippen LogP contribution < -0.4 is 15.4 Å². The third-order valence-corrected chi connectivity index (χ3v) is 3.76. The SMILES string of the molecule is CCOc1ccccc1NC(=O)COC(=O)CCC(=O)Nc1ccc(Cl)cc1. The number of benzene rings is 2. The minimum atomic E-state index is -0.639. The lowest BCUT2D eigenvalue weighted by molar-refractivity contribution is -0.147. The number of carbonyl (C=O) groups is 3. The predicted octanol–water partition coefficient (Wildman–Crippen LogP) is 3.64. The summed E-state index contributed by atoms with van der Waals surface area (Å²) in [5, 5.41) is 5.82. The minimum absolute atomic E-state index is 0.0593. The molecule has 0 fully saturated rings. The Morgan fingerprint density at radius 3 is 2.36 bits per heavy atom. The highest BCUT2D eigenvalue weighted by Gasteiger charge is 2.12. The molecular weight excluding hydrogens is 384 g/mol. The summed E-state index contributed by atoms with van der Waals surface area (Å²) in [6, 6.07) is 13.6. The van der Waals surface area contributed by atoms with Crippen LogP contribution in [0.25, 0.3) is 0 Å². The number of carbonyl (C=O) groups excluding carboxylic acids is 3. The molecule has 8 heteroatoms. The van der Waals surface area contributed by atoms with Gasteiger partial charge in [-0.1, -0.05) is 23.7 Å². The molecule has 2 aromatic rings. The summed E-state index contributed by atoms with van der Waals surface area (Å²) in [6.45, 7) is 1.85. The molecule has 7 nitrogen and oxygen atoms in total. The normalized spacial score (nSPS) is 10.1. The Labute approximate surface area is 168 Å². The van der Waals surface area contributed by atoms with Gasteiger partial charge in [-0.3, -0.25) is 14.4 Å². The van der Waals surface area contributed by atoms with Crippen LogP contribution in [0, 0.1) is 0 Å². The minimum Gasteiger partial charge on any atom is -0.492 e. The molecule has 2 N–H and O–H groups in total. The molecule has 148 valence electrons. The molecule has 0 radical (unpaired) electrons. The van der Waals surface area contributed by atoms with Crippen LogP contribution in [0.5, 0.6) is 5.75 Å².